The van der Waals surface area contributed by atoms with Crippen LogP contribution >= 0.6 is 0 Å². The van der Waals surface area contributed by atoms with Crippen LogP contribution in [-0.4, -0.2) is 22.5 Å². The number of hydrogen-bond donors (Lipinski definition) is 1. The predicted octanol–water partition coefficient (Wildman–Crippen LogP) is 4.27. The minimum absolute atomic E-state index is 0.322. The second-order valence-corrected chi connectivity index (χ2v) is 6.27. The van der Waals surface area contributed by atoms with Crippen molar-refractivity contribution in [3.63, 3.8) is 0 Å². The first-order valence-electron chi connectivity index (χ1n) is 8.27. The fourth-order valence-corrected chi connectivity index (χ4v) is 3.17. The molecule has 1 aliphatic carbocycles. The van der Waals surface area contributed by atoms with E-state index in [4.69, 9.17) is 4.74 Å². The molecule has 1 aliphatic rings. The van der Waals surface area contributed by atoms with Gasteiger partial charge in [0.15, 0.2) is 0 Å². The molecule has 0 radical (unpaired) electrons. The predicted molar refractivity (Wildman–Crippen MR) is 92.8 cm³/mol. The van der Waals surface area contributed by atoms with Crippen LogP contribution in [0.1, 0.15) is 41.1 Å². The lowest BCUT2D eigenvalue weighted by atomic mass is 9.80. The van der Waals surface area contributed by atoms with E-state index in [1.807, 2.05) is 6.07 Å². The number of anilines is 2. The molecule has 128 valence electrons. The number of nitrogens with one attached hydrogen (secondary N) is 1. The summed E-state index contributed by atoms with van der Waals surface area (Å²) >= 11 is 0. The Morgan fingerprint density at radius 2 is 2.20 bits per heavy atom. The maximum absolute atomic E-state index is 14.6. The number of pyridine rings is 1. The molecule has 3 aromatic rings. The molecular weight excluding hydrogens is 321 g/mol. The lowest BCUT2D eigenvalue weighted by Gasteiger charge is -2.26. The van der Waals surface area contributed by atoms with E-state index in [-0.39, 0.29) is 5.82 Å². The van der Waals surface area contributed by atoms with Crippen molar-refractivity contribution in [3.05, 3.63) is 59.9 Å². The molecule has 1 aromatic carbocycles. The van der Waals surface area contributed by atoms with Crippen LogP contribution in [0.15, 0.2) is 43.0 Å². The van der Waals surface area contributed by atoms with Crippen molar-refractivity contribution < 1.29 is 13.9 Å². The Balaban J connectivity index is 1.74. The fourth-order valence-electron chi connectivity index (χ4n) is 3.17. The number of benzene rings is 1. The summed E-state index contributed by atoms with van der Waals surface area (Å²) in [5.41, 5.74) is 2.83. The standard InChI is InChI=1S/C19H18FN3O2/c1-25-19(24)14-7-8-23-11-21-10-17(23)18(14)22-16-6-5-13(9-15(16)20)12-3-2-4-12/h5-12,22H,2-4H2,1H3. The highest BCUT2D eigenvalue weighted by Gasteiger charge is 2.21. The minimum Gasteiger partial charge on any atom is -0.465 e. The number of rotatable bonds is 4. The highest BCUT2D eigenvalue weighted by molar-refractivity contribution is 6.00. The monoisotopic (exact) mass is 339 g/mol. The first-order chi connectivity index (χ1) is 12.2. The SMILES string of the molecule is COC(=O)c1ccn2cncc2c1Nc1ccc(C2CCC2)cc1F. The number of carbonyl (C=O) groups is 1. The molecule has 0 unspecified atom stereocenters. The zero-order valence-corrected chi connectivity index (χ0v) is 13.8. The van der Waals surface area contributed by atoms with Gasteiger partial charge in [-0.1, -0.05) is 12.5 Å². The van der Waals surface area contributed by atoms with Crippen LogP contribution in [0.3, 0.4) is 0 Å². The van der Waals surface area contributed by atoms with Crippen LogP contribution in [0.4, 0.5) is 15.8 Å². The molecule has 2 heterocycles. The first kappa shape index (κ1) is 15.6. The van der Waals surface area contributed by atoms with Gasteiger partial charge >= 0.3 is 5.97 Å². The Bertz CT molecular complexity index is 947. The molecule has 1 fully saturated rings. The van der Waals surface area contributed by atoms with Crippen molar-refractivity contribution in [1.82, 2.24) is 9.38 Å². The summed E-state index contributed by atoms with van der Waals surface area (Å²) in [4.78, 5) is 16.2. The van der Waals surface area contributed by atoms with Gasteiger partial charge in [-0.05, 0) is 42.5 Å². The second kappa shape index (κ2) is 6.20. The number of fused-ring (bicyclic) bond motifs is 1. The number of esters is 1. The summed E-state index contributed by atoms with van der Waals surface area (Å²) in [5, 5.41) is 3.05. The van der Waals surface area contributed by atoms with Crippen molar-refractivity contribution in [2.75, 3.05) is 12.4 Å². The highest BCUT2D eigenvalue weighted by Crippen LogP contribution is 2.38. The zero-order chi connectivity index (χ0) is 17.4. The van der Waals surface area contributed by atoms with E-state index >= 15 is 0 Å². The van der Waals surface area contributed by atoms with Crippen LogP contribution in [0.25, 0.3) is 5.52 Å². The molecule has 6 heteroatoms. The van der Waals surface area contributed by atoms with Crippen LogP contribution in [-0.2, 0) is 4.74 Å². The number of halogens is 1. The molecule has 1 N–H and O–H groups in total. The van der Waals surface area contributed by atoms with E-state index in [2.05, 4.69) is 10.3 Å². The second-order valence-electron chi connectivity index (χ2n) is 6.27. The van der Waals surface area contributed by atoms with Crippen LogP contribution < -0.4 is 5.32 Å². The van der Waals surface area contributed by atoms with Crippen LogP contribution in [0.2, 0.25) is 0 Å². The molecule has 25 heavy (non-hydrogen) atoms. The van der Waals surface area contributed by atoms with Gasteiger partial charge in [0.2, 0.25) is 0 Å². The molecule has 4 rings (SSSR count). The van der Waals surface area contributed by atoms with Gasteiger partial charge in [-0.3, -0.25) is 0 Å². The largest absolute Gasteiger partial charge is 0.465 e. The van der Waals surface area contributed by atoms with Crippen molar-refractivity contribution >= 4 is 22.9 Å². The first-order valence-corrected chi connectivity index (χ1v) is 8.27. The third kappa shape index (κ3) is 2.73. The molecule has 5 nitrogen and oxygen atoms in total. The van der Waals surface area contributed by atoms with E-state index in [0.29, 0.717) is 28.4 Å². The lowest BCUT2D eigenvalue weighted by Crippen LogP contribution is -2.10. The summed E-state index contributed by atoms with van der Waals surface area (Å²) in [5.74, 6) is -0.355. The number of methoxy groups -OCH3 is 1. The normalized spacial score (nSPS) is 14.3. The number of imidazole rings is 1. The highest BCUT2D eigenvalue weighted by atomic mass is 19.1. The topological polar surface area (TPSA) is 55.6 Å². The molecule has 0 aliphatic heterocycles. The Morgan fingerprint density at radius 1 is 1.36 bits per heavy atom. The maximum Gasteiger partial charge on any atom is 0.340 e. The van der Waals surface area contributed by atoms with E-state index < -0.39 is 5.97 Å². The van der Waals surface area contributed by atoms with Gasteiger partial charge in [-0.15, -0.1) is 0 Å². The van der Waals surface area contributed by atoms with Gasteiger partial charge in [-0.25, -0.2) is 14.2 Å². The number of nitrogens with zero attached hydrogens (tertiary/aromatic N) is 2. The van der Waals surface area contributed by atoms with E-state index in [0.717, 1.165) is 18.4 Å². The number of carbonyl (C=O) groups excluding carboxylic acids is 1. The summed E-state index contributed by atoms with van der Waals surface area (Å²) in [6, 6.07) is 6.89. The zero-order valence-electron chi connectivity index (χ0n) is 13.8. The Labute approximate surface area is 144 Å². The maximum atomic E-state index is 14.6. The smallest absolute Gasteiger partial charge is 0.340 e. The summed E-state index contributed by atoms with van der Waals surface area (Å²) in [7, 11) is 1.32. The number of hydrogen-bond acceptors (Lipinski definition) is 4. The summed E-state index contributed by atoms with van der Waals surface area (Å²) < 4.78 is 21.2. The average molecular weight is 339 g/mol. The van der Waals surface area contributed by atoms with Crippen LogP contribution in [0, 0.1) is 5.82 Å². The third-order valence-corrected chi connectivity index (χ3v) is 4.83. The average Bonchev–Trinajstić information content (AvgIpc) is 3.04. The molecule has 0 saturated heterocycles. The van der Waals surface area contributed by atoms with Gasteiger partial charge in [0.1, 0.15) is 5.82 Å². The molecule has 0 atom stereocenters. The van der Waals surface area contributed by atoms with E-state index in [1.165, 1.54) is 13.5 Å². The number of ether oxygens (including phenoxy) is 1. The van der Waals surface area contributed by atoms with Gasteiger partial charge in [0.25, 0.3) is 0 Å². The van der Waals surface area contributed by atoms with Crippen molar-refractivity contribution in [3.8, 4) is 0 Å². The summed E-state index contributed by atoms with van der Waals surface area (Å²) in [6.45, 7) is 0. The number of aromatic nitrogens is 2. The Kier molecular flexibility index (Phi) is 3.87. The van der Waals surface area contributed by atoms with Gasteiger partial charge in [0.05, 0.1) is 42.1 Å². The van der Waals surface area contributed by atoms with Gasteiger partial charge in [-0.2, -0.15) is 0 Å². The summed E-state index contributed by atoms with van der Waals surface area (Å²) in [6.07, 6.45) is 8.41. The fraction of sp³-hybridized carbons (Fsp3) is 0.263. The molecule has 0 amide bonds. The molecule has 2 aromatic heterocycles. The van der Waals surface area contributed by atoms with Gasteiger partial charge in [0, 0.05) is 6.20 Å². The van der Waals surface area contributed by atoms with E-state index in [9.17, 15) is 9.18 Å². The Hall–Kier alpha value is -2.89. The molecular formula is C19H18FN3O2. The third-order valence-electron chi connectivity index (χ3n) is 4.83. The lowest BCUT2D eigenvalue weighted by molar-refractivity contribution is 0.0602. The van der Waals surface area contributed by atoms with Crippen LogP contribution in [0.5, 0.6) is 0 Å². The van der Waals surface area contributed by atoms with Crippen molar-refractivity contribution in [2.45, 2.75) is 25.2 Å². The minimum atomic E-state index is -0.488. The Morgan fingerprint density at radius 3 is 2.88 bits per heavy atom. The molecule has 1 saturated carbocycles. The van der Waals surface area contributed by atoms with Crippen molar-refractivity contribution in [2.24, 2.45) is 0 Å². The quantitative estimate of drug-likeness (QED) is 0.721. The molecule has 0 spiro atoms. The van der Waals surface area contributed by atoms with Gasteiger partial charge < -0.3 is 14.5 Å². The van der Waals surface area contributed by atoms with E-state index in [1.54, 1.807) is 41.3 Å². The van der Waals surface area contributed by atoms with Crippen molar-refractivity contribution in [1.29, 1.82) is 0 Å². The molecule has 0 bridgehead atoms.